The van der Waals surface area contributed by atoms with E-state index in [4.69, 9.17) is 10.5 Å². The lowest BCUT2D eigenvalue weighted by Gasteiger charge is -2.35. The lowest BCUT2D eigenvalue weighted by atomic mass is 10.0. The van der Waals surface area contributed by atoms with Crippen molar-refractivity contribution in [3.05, 3.63) is 41.6 Å². The van der Waals surface area contributed by atoms with Gasteiger partial charge in [-0.2, -0.15) is 18.2 Å². The van der Waals surface area contributed by atoms with Crippen LogP contribution < -0.4 is 16.4 Å². The number of alkyl halides is 3. The number of amides is 3. The highest BCUT2D eigenvalue weighted by Gasteiger charge is 2.42. The van der Waals surface area contributed by atoms with Crippen LogP contribution in [0.25, 0.3) is 0 Å². The van der Waals surface area contributed by atoms with Gasteiger partial charge in [-0.1, -0.05) is 6.42 Å². The van der Waals surface area contributed by atoms with Crippen LogP contribution in [0.5, 0.6) is 0 Å². The van der Waals surface area contributed by atoms with Gasteiger partial charge in [0.1, 0.15) is 11.4 Å². The summed E-state index contributed by atoms with van der Waals surface area (Å²) in [5.74, 6) is -1.56. The number of hydrogen-bond donors (Lipinski definition) is 3. The van der Waals surface area contributed by atoms with Crippen LogP contribution in [-0.4, -0.2) is 94.6 Å². The van der Waals surface area contributed by atoms with E-state index in [0.29, 0.717) is 56.1 Å². The molecule has 2 aromatic rings. The van der Waals surface area contributed by atoms with E-state index in [2.05, 4.69) is 32.5 Å². The maximum absolute atomic E-state index is 14.0. The van der Waals surface area contributed by atoms with Gasteiger partial charge in [0.05, 0.1) is 5.92 Å². The number of rotatable bonds is 8. The van der Waals surface area contributed by atoms with Crippen LogP contribution in [0.1, 0.15) is 60.9 Å². The molecule has 3 aliphatic rings. The van der Waals surface area contributed by atoms with Crippen molar-refractivity contribution in [1.82, 2.24) is 24.7 Å². The van der Waals surface area contributed by atoms with Gasteiger partial charge >= 0.3 is 12.3 Å². The molecule has 1 saturated carbocycles. The number of benzene rings is 1. The lowest BCUT2D eigenvalue weighted by Crippen LogP contribution is -2.45. The summed E-state index contributed by atoms with van der Waals surface area (Å²) in [6.45, 7) is 2.23. The Labute approximate surface area is 259 Å². The van der Waals surface area contributed by atoms with E-state index < -0.39 is 41.8 Å². The zero-order valence-corrected chi connectivity index (χ0v) is 25.3. The van der Waals surface area contributed by atoms with Crippen molar-refractivity contribution < 1.29 is 32.3 Å². The summed E-state index contributed by atoms with van der Waals surface area (Å²) in [6.07, 6.45) is -1.39. The third-order valence-electron chi connectivity index (χ3n) is 8.93. The molecule has 1 aromatic carbocycles. The summed E-state index contributed by atoms with van der Waals surface area (Å²) in [7, 11) is 3.86. The predicted octanol–water partition coefficient (Wildman–Crippen LogP) is 4.03. The average molecular weight is 633 g/mol. The number of hydrogen-bond acceptors (Lipinski definition) is 9. The van der Waals surface area contributed by atoms with E-state index in [1.54, 1.807) is 36.2 Å². The van der Waals surface area contributed by atoms with Crippen molar-refractivity contribution in [1.29, 1.82) is 0 Å². The second-order valence-electron chi connectivity index (χ2n) is 12.0. The standard InChI is InChI=1S/C30H39F3N8O4/c1-39-15-12-20(13-16-39)40(2)26(42)18-8-10-19(11-9-18)36-29-35-17-22(30(31,32)33)25(38-29)37-23-6-3-5-21(23)27(43)41-14-4-7-24(41)45-28(34)44/h8-11,17,20-21,23-24H,3-7,12-16H2,1-2H3,(H2,34,44)(H2,35,36,37,38)/t21-,23+,24+/m0/s1. The van der Waals surface area contributed by atoms with Crippen molar-refractivity contribution in [2.75, 3.05) is 44.4 Å². The summed E-state index contributed by atoms with van der Waals surface area (Å²) < 4.78 is 47.0. The van der Waals surface area contributed by atoms with Gasteiger partial charge in [0.15, 0.2) is 6.23 Å². The van der Waals surface area contributed by atoms with Gasteiger partial charge in [0.2, 0.25) is 11.9 Å². The molecule has 0 bridgehead atoms. The number of primary amides is 1. The topological polar surface area (TPSA) is 146 Å². The monoisotopic (exact) mass is 632 g/mol. The molecule has 5 rings (SSSR count). The van der Waals surface area contributed by atoms with Gasteiger partial charge in [-0.05, 0) is 76.5 Å². The summed E-state index contributed by atoms with van der Waals surface area (Å²) in [6, 6.07) is 6.14. The first-order valence-corrected chi connectivity index (χ1v) is 15.2. The number of nitrogens with two attached hydrogens (primary N) is 1. The number of carbonyl (C=O) groups is 3. The number of halogens is 3. The van der Waals surface area contributed by atoms with Crippen LogP contribution in [-0.2, 0) is 15.7 Å². The summed E-state index contributed by atoms with van der Waals surface area (Å²) in [5, 5.41) is 5.80. The molecule has 244 valence electrons. The van der Waals surface area contributed by atoms with Crippen molar-refractivity contribution >= 4 is 35.4 Å². The van der Waals surface area contributed by atoms with Gasteiger partial charge in [-0.3, -0.25) is 9.59 Å². The molecule has 2 aliphatic heterocycles. The summed E-state index contributed by atoms with van der Waals surface area (Å²) in [5.41, 5.74) is 5.08. The number of nitrogens with zero attached hydrogens (tertiary/aromatic N) is 5. The maximum atomic E-state index is 14.0. The minimum Gasteiger partial charge on any atom is -0.425 e. The Kier molecular flexibility index (Phi) is 9.65. The van der Waals surface area contributed by atoms with Crippen LogP contribution >= 0.6 is 0 Å². The second kappa shape index (κ2) is 13.5. The van der Waals surface area contributed by atoms with Crippen LogP contribution in [0.4, 0.5) is 35.4 Å². The van der Waals surface area contributed by atoms with Crippen LogP contribution in [0.15, 0.2) is 30.5 Å². The van der Waals surface area contributed by atoms with E-state index >= 15 is 0 Å². The zero-order valence-electron chi connectivity index (χ0n) is 25.3. The van der Waals surface area contributed by atoms with Gasteiger partial charge in [0, 0.05) is 49.5 Å². The number of likely N-dealkylation sites (tertiary alicyclic amines) is 2. The minimum absolute atomic E-state index is 0.0802. The van der Waals surface area contributed by atoms with Crippen LogP contribution in [0.2, 0.25) is 0 Å². The molecular formula is C30H39F3N8O4. The summed E-state index contributed by atoms with van der Waals surface area (Å²) in [4.78, 5) is 51.2. The fourth-order valence-corrected chi connectivity index (χ4v) is 6.40. The number of aromatic nitrogens is 2. The Morgan fingerprint density at radius 3 is 2.40 bits per heavy atom. The van der Waals surface area contributed by atoms with Gasteiger partial charge in [-0.25, -0.2) is 9.78 Å². The van der Waals surface area contributed by atoms with E-state index in [1.165, 1.54) is 4.90 Å². The normalized spacial score (nSPS) is 22.7. The molecule has 0 radical (unpaired) electrons. The number of anilines is 3. The maximum Gasteiger partial charge on any atom is 0.421 e. The van der Waals surface area contributed by atoms with Gasteiger partial charge in [0.25, 0.3) is 5.91 Å². The smallest absolute Gasteiger partial charge is 0.421 e. The first-order chi connectivity index (χ1) is 21.4. The number of nitrogens with one attached hydrogen (secondary N) is 2. The Morgan fingerprint density at radius 2 is 1.73 bits per heavy atom. The van der Waals surface area contributed by atoms with Crippen molar-refractivity contribution in [2.24, 2.45) is 11.7 Å². The molecule has 4 N–H and O–H groups in total. The van der Waals surface area contributed by atoms with Crippen LogP contribution in [0.3, 0.4) is 0 Å². The first-order valence-electron chi connectivity index (χ1n) is 15.2. The molecule has 3 amide bonds. The molecule has 15 heteroatoms. The van der Waals surface area contributed by atoms with Crippen LogP contribution in [0, 0.1) is 5.92 Å². The van der Waals surface area contributed by atoms with Gasteiger partial charge in [-0.15, -0.1) is 0 Å². The fraction of sp³-hybridized carbons (Fsp3) is 0.567. The Bertz CT molecular complexity index is 1380. The Morgan fingerprint density at radius 1 is 1.02 bits per heavy atom. The zero-order chi connectivity index (χ0) is 32.3. The molecule has 0 unspecified atom stereocenters. The largest absolute Gasteiger partial charge is 0.425 e. The Balaban J connectivity index is 1.28. The van der Waals surface area contributed by atoms with Crippen molar-refractivity contribution in [3.8, 4) is 0 Å². The van der Waals surface area contributed by atoms with Crippen molar-refractivity contribution in [3.63, 3.8) is 0 Å². The predicted molar refractivity (Wildman–Crippen MR) is 160 cm³/mol. The average Bonchev–Trinajstić information content (AvgIpc) is 3.66. The molecule has 1 aromatic heterocycles. The highest BCUT2D eigenvalue weighted by Crippen LogP contribution is 2.38. The van der Waals surface area contributed by atoms with E-state index in [-0.39, 0.29) is 23.8 Å². The molecule has 3 atom stereocenters. The highest BCUT2D eigenvalue weighted by atomic mass is 19.4. The number of carbonyl (C=O) groups excluding carboxylic acids is 3. The lowest BCUT2D eigenvalue weighted by molar-refractivity contribution is -0.142. The molecule has 0 spiro atoms. The van der Waals surface area contributed by atoms with Gasteiger partial charge < -0.3 is 35.8 Å². The van der Waals surface area contributed by atoms with E-state index in [1.807, 2.05) is 0 Å². The highest BCUT2D eigenvalue weighted by molar-refractivity contribution is 5.94. The van der Waals surface area contributed by atoms with Crippen molar-refractivity contribution in [2.45, 2.75) is 69.4 Å². The fourth-order valence-electron chi connectivity index (χ4n) is 6.40. The molecular weight excluding hydrogens is 593 g/mol. The third-order valence-corrected chi connectivity index (χ3v) is 8.93. The van der Waals surface area contributed by atoms with E-state index in [9.17, 15) is 27.6 Å². The Hall–Kier alpha value is -4.14. The summed E-state index contributed by atoms with van der Waals surface area (Å²) >= 11 is 0. The first kappa shape index (κ1) is 32.3. The SMILES string of the molecule is CN1CCC(N(C)C(=O)c2ccc(Nc3ncc(C(F)(F)F)c(N[C@@H]4CCC[C@@H]4C(=O)N4CCC[C@H]4OC(N)=O)n3)cc2)CC1. The molecule has 3 fully saturated rings. The molecule has 3 heterocycles. The number of piperidine rings is 1. The third kappa shape index (κ3) is 7.57. The quantitative estimate of drug-likeness (QED) is 0.393. The molecule has 1 aliphatic carbocycles. The molecule has 2 saturated heterocycles. The number of ether oxygens (including phenoxy) is 1. The molecule has 45 heavy (non-hydrogen) atoms. The minimum atomic E-state index is -4.74. The second-order valence-corrected chi connectivity index (χ2v) is 12.0. The van der Waals surface area contributed by atoms with E-state index in [0.717, 1.165) is 25.9 Å². The molecule has 12 nitrogen and oxygen atoms in total.